The van der Waals surface area contributed by atoms with Crippen molar-refractivity contribution in [2.24, 2.45) is 0 Å². The Morgan fingerprint density at radius 2 is 1.36 bits per heavy atom. The van der Waals surface area contributed by atoms with E-state index in [0.717, 1.165) is 0 Å². The Kier molecular flexibility index (Phi) is 5.49. The van der Waals surface area contributed by atoms with E-state index in [4.69, 9.17) is 0 Å². The predicted molar refractivity (Wildman–Crippen MR) is 62.4 cm³/mol. The molecule has 1 saturated heterocycles. The van der Waals surface area contributed by atoms with Crippen molar-refractivity contribution in [3.63, 3.8) is 0 Å². The van der Waals surface area contributed by atoms with Crippen molar-refractivity contribution in [2.75, 3.05) is 26.2 Å². The van der Waals surface area contributed by atoms with Gasteiger partial charge in [-0.3, -0.25) is 9.80 Å². The monoisotopic (exact) mass is 198 g/mol. The Morgan fingerprint density at radius 1 is 0.929 bits per heavy atom. The summed E-state index contributed by atoms with van der Waals surface area (Å²) >= 11 is 0. The van der Waals surface area contributed by atoms with Crippen molar-refractivity contribution in [1.29, 1.82) is 0 Å². The van der Waals surface area contributed by atoms with Crippen LogP contribution in [0.5, 0.6) is 0 Å². The van der Waals surface area contributed by atoms with Crippen LogP contribution in [0.15, 0.2) is 0 Å². The summed E-state index contributed by atoms with van der Waals surface area (Å²) in [6, 6.07) is 0. The van der Waals surface area contributed by atoms with Crippen molar-refractivity contribution in [2.45, 2.75) is 52.6 Å². The molecule has 0 aromatic carbocycles. The highest BCUT2D eigenvalue weighted by atomic mass is 15.4. The molecule has 0 amide bonds. The van der Waals surface area contributed by atoms with Gasteiger partial charge in [0, 0.05) is 13.1 Å². The van der Waals surface area contributed by atoms with Gasteiger partial charge in [0.2, 0.25) is 0 Å². The number of unbranched alkanes of at least 4 members (excludes halogenated alkanes) is 2. The first-order valence-corrected chi connectivity index (χ1v) is 6.27. The molecule has 84 valence electrons. The first-order chi connectivity index (χ1) is 6.79. The number of hydrogen-bond acceptors (Lipinski definition) is 2. The average molecular weight is 198 g/mol. The molecule has 0 aliphatic carbocycles. The highest BCUT2D eigenvalue weighted by Gasteiger charge is 2.26. The van der Waals surface area contributed by atoms with E-state index in [2.05, 4.69) is 30.6 Å². The molecule has 0 N–H and O–H groups in total. The van der Waals surface area contributed by atoms with Crippen molar-refractivity contribution in [1.82, 2.24) is 9.80 Å². The molecule has 0 saturated carbocycles. The van der Waals surface area contributed by atoms with E-state index in [9.17, 15) is 0 Å². The smallest absolute Gasteiger partial charge is 0.0594 e. The SMILES string of the molecule is CCCCN1CCN(CCCC)C1C. The summed E-state index contributed by atoms with van der Waals surface area (Å²) in [4.78, 5) is 5.25. The first-order valence-electron chi connectivity index (χ1n) is 6.27. The van der Waals surface area contributed by atoms with Crippen LogP contribution >= 0.6 is 0 Å². The van der Waals surface area contributed by atoms with Gasteiger partial charge in [-0.25, -0.2) is 0 Å². The molecule has 0 unspecified atom stereocenters. The minimum atomic E-state index is 0.688. The van der Waals surface area contributed by atoms with E-state index in [1.807, 2.05) is 0 Å². The fourth-order valence-corrected chi connectivity index (χ4v) is 2.18. The van der Waals surface area contributed by atoms with Crippen molar-refractivity contribution in [3.05, 3.63) is 0 Å². The molecule has 1 aliphatic heterocycles. The summed E-state index contributed by atoms with van der Waals surface area (Å²) < 4.78 is 0. The second-order valence-corrected chi connectivity index (χ2v) is 4.41. The van der Waals surface area contributed by atoms with Gasteiger partial charge in [-0.05, 0) is 32.9 Å². The summed E-state index contributed by atoms with van der Waals surface area (Å²) in [5.74, 6) is 0. The maximum atomic E-state index is 2.62. The molecule has 2 nitrogen and oxygen atoms in total. The normalized spacial score (nSPS) is 20.8. The van der Waals surface area contributed by atoms with Crippen LogP contribution in [-0.2, 0) is 0 Å². The highest BCUT2D eigenvalue weighted by Crippen LogP contribution is 2.15. The summed E-state index contributed by atoms with van der Waals surface area (Å²) in [5, 5.41) is 0. The molecule has 1 fully saturated rings. The molecule has 0 atom stereocenters. The summed E-state index contributed by atoms with van der Waals surface area (Å²) in [5.41, 5.74) is 0. The second-order valence-electron chi connectivity index (χ2n) is 4.41. The maximum Gasteiger partial charge on any atom is 0.0594 e. The zero-order chi connectivity index (χ0) is 10.4. The van der Waals surface area contributed by atoms with Crippen molar-refractivity contribution < 1.29 is 0 Å². The minimum Gasteiger partial charge on any atom is -0.287 e. The standard InChI is InChI=1S/C12H26N2/c1-4-6-8-13-10-11-14(12(13)3)9-7-5-2/h12H,4-11H2,1-3H3. The van der Waals surface area contributed by atoms with Crippen LogP contribution < -0.4 is 0 Å². The Bertz CT molecular complexity index is 131. The fraction of sp³-hybridized carbons (Fsp3) is 1.00. The van der Waals surface area contributed by atoms with Crippen LogP contribution in [0.1, 0.15) is 46.5 Å². The predicted octanol–water partition coefficient (Wildman–Crippen LogP) is 2.55. The summed E-state index contributed by atoms with van der Waals surface area (Å²) in [7, 11) is 0. The van der Waals surface area contributed by atoms with E-state index in [1.54, 1.807) is 0 Å². The van der Waals surface area contributed by atoms with Gasteiger partial charge in [0.05, 0.1) is 6.17 Å². The molecule has 0 aromatic heterocycles. The lowest BCUT2D eigenvalue weighted by Gasteiger charge is -2.26. The van der Waals surface area contributed by atoms with Crippen LogP contribution in [0, 0.1) is 0 Å². The van der Waals surface area contributed by atoms with Crippen LogP contribution in [0.2, 0.25) is 0 Å². The van der Waals surface area contributed by atoms with Gasteiger partial charge in [0.25, 0.3) is 0 Å². The topological polar surface area (TPSA) is 6.48 Å². The van der Waals surface area contributed by atoms with E-state index in [0.29, 0.717) is 6.17 Å². The van der Waals surface area contributed by atoms with Gasteiger partial charge < -0.3 is 0 Å². The van der Waals surface area contributed by atoms with Crippen LogP contribution in [0.3, 0.4) is 0 Å². The molecule has 1 heterocycles. The Labute approximate surface area is 89.3 Å². The van der Waals surface area contributed by atoms with E-state index in [-0.39, 0.29) is 0 Å². The van der Waals surface area contributed by atoms with E-state index < -0.39 is 0 Å². The fourth-order valence-electron chi connectivity index (χ4n) is 2.18. The molecule has 1 rings (SSSR count). The average Bonchev–Trinajstić information content (AvgIpc) is 2.54. The third-order valence-corrected chi connectivity index (χ3v) is 3.33. The zero-order valence-corrected chi connectivity index (χ0v) is 10.1. The minimum absolute atomic E-state index is 0.688. The molecular weight excluding hydrogens is 172 g/mol. The van der Waals surface area contributed by atoms with Gasteiger partial charge in [-0.1, -0.05) is 26.7 Å². The lowest BCUT2D eigenvalue weighted by molar-refractivity contribution is 0.150. The number of rotatable bonds is 6. The van der Waals surface area contributed by atoms with Gasteiger partial charge in [0.1, 0.15) is 0 Å². The second kappa shape index (κ2) is 6.41. The van der Waals surface area contributed by atoms with E-state index >= 15 is 0 Å². The molecular formula is C12H26N2. The van der Waals surface area contributed by atoms with Gasteiger partial charge in [-0.2, -0.15) is 0 Å². The van der Waals surface area contributed by atoms with E-state index in [1.165, 1.54) is 51.9 Å². The first kappa shape index (κ1) is 12.0. The number of nitrogens with zero attached hydrogens (tertiary/aromatic N) is 2. The largest absolute Gasteiger partial charge is 0.287 e. The highest BCUT2D eigenvalue weighted by molar-refractivity contribution is 4.78. The molecule has 2 heteroatoms. The third kappa shape index (κ3) is 3.25. The Hall–Kier alpha value is -0.0800. The quantitative estimate of drug-likeness (QED) is 0.647. The molecule has 0 radical (unpaired) electrons. The Morgan fingerprint density at radius 3 is 1.71 bits per heavy atom. The molecule has 0 bridgehead atoms. The Balaban J connectivity index is 2.24. The lowest BCUT2D eigenvalue weighted by atomic mass is 10.3. The van der Waals surface area contributed by atoms with Gasteiger partial charge in [0.15, 0.2) is 0 Å². The molecule has 1 aliphatic rings. The zero-order valence-electron chi connectivity index (χ0n) is 10.1. The van der Waals surface area contributed by atoms with Crippen molar-refractivity contribution >= 4 is 0 Å². The molecule has 0 spiro atoms. The van der Waals surface area contributed by atoms with Gasteiger partial charge >= 0.3 is 0 Å². The summed E-state index contributed by atoms with van der Waals surface area (Å²) in [6.07, 6.45) is 6.03. The van der Waals surface area contributed by atoms with Gasteiger partial charge in [-0.15, -0.1) is 0 Å². The maximum absolute atomic E-state index is 2.62. The number of hydrogen-bond donors (Lipinski definition) is 0. The van der Waals surface area contributed by atoms with Crippen LogP contribution in [0.25, 0.3) is 0 Å². The summed E-state index contributed by atoms with van der Waals surface area (Å²) in [6.45, 7) is 12.1. The molecule has 14 heavy (non-hydrogen) atoms. The van der Waals surface area contributed by atoms with Crippen LogP contribution in [0.4, 0.5) is 0 Å². The van der Waals surface area contributed by atoms with Crippen molar-refractivity contribution in [3.8, 4) is 0 Å². The lowest BCUT2D eigenvalue weighted by Crippen LogP contribution is -2.37. The molecule has 0 aromatic rings. The third-order valence-electron chi connectivity index (χ3n) is 3.33. The van der Waals surface area contributed by atoms with Crippen LogP contribution in [-0.4, -0.2) is 42.1 Å².